The quantitative estimate of drug-likeness (QED) is 0.245. The fraction of sp³-hybridized carbons (Fsp3) is 0.222. The van der Waals surface area contributed by atoms with Crippen LogP contribution >= 0.6 is 11.6 Å². The van der Waals surface area contributed by atoms with Gasteiger partial charge in [-0.15, -0.1) is 0 Å². The van der Waals surface area contributed by atoms with Crippen molar-refractivity contribution in [2.24, 2.45) is 0 Å². The molecule has 6 nitrogen and oxygen atoms in total. The molecule has 0 spiro atoms. The number of alkyl halides is 3. The fourth-order valence-electron chi connectivity index (χ4n) is 4.00. The van der Waals surface area contributed by atoms with Crippen LogP contribution in [0.5, 0.6) is 23.0 Å². The van der Waals surface area contributed by atoms with Crippen molar-refractivity contribution in [3.05, 3.63) is 76.8 Å². The van der Waals surface area contributed by atoms with Crippen molar-refractivity contribution in [3.8, 4) is 45.5 Å². The lowest BCUT2D eigenvalue weighted by Gasteiger charge is -2.13. The van der Waals surface area contributed by atoms with E-state index in [1.807, 2.05) is 0 Å². The lowest BCUT2D eigenvalue weighted by Crippen LogP contribution is -2.08. The molecule has 0 saturated carbocycles. The van der Waals surface area contributed by atoms with Crippen LogP contribution in [0.15, 0.2) is 60.7 Å². The van der Waals surface area contributed by atoms with E-state index in [9.17, 15) is 13.2 Å². The molecule has 0 atom stereocenters. The van der Waals surface area contributed by atoms with Gasteiger partial charge < -0.3 is 18.9 Å². The maximum Gasteiger partial charge on any atom is 0.416 e. The summed E-state index contributed by atoms with van der Waals surface area (Å²) in [6, 6.07) is 15.6. The zero-order valence-corrected chi connectivity index (χ0v) is 21.3. The third-order valence-corrected chi connectivity index (χ3v) is 6.15. The molecule has 0 fully saturated rings. The largest absolute Gasteiger partial charge is 0.493 e. The number of halogens is 4. The van der Waals surface area contributed by atoms with Gasteiger partial charge in [0, 0.05) is 11.1 Å². The van der Waals surface area contributed by atoms with Crippen LogP contribution in [0, 0.1) is 0 Å². The normalized spacial score (nSPS) is 11.4. The van der Waals surface area contributed by atoms with E-state index in [2.05, 4.69) is 0 Å². The van der Waals surface area contributed by atoms with Crippen molar-refractivity contribution < 1.29 is 32.1 Å². The molecule has 0 amide bonds. The fourth-order valence-corrected chi connectivity index (χ4v) is 4.35. The third kappa shape index (κ3) is 5.32. The van der Waals surface area contributed by atoms with Gasteiger partial charge in [-0.05, 0) is 54.1 Å². The average Bonchev–Trinajstić information content (AvgIpc) is 3.22. The Hall–Kier alpha value is -3.85. The van der Waals surface area contributed by atoms with Gasteiger partial charge in [0.05, 0.1) is 51.3 Å². The van der Waals surface area contributed by atoms with Gasteiger partial charge in [-0.2, -0.15) is 18.3 Å². The maximum absolute atomic E-state index is 13.3. The molecule has 0 aliphatic heterocycles. The van der Waals surface area contributed by atoms with Crippen LogP contribution in [0.3, 0.4) is 0 Å². The van der Waals surface area contributed by atoms with Crippen LogP contribution in [-0.2, 0) is 12.7 Å². The van der Waals surface area contributed by atoms with Gasteiger partial charge in [-0.3, -0.25) is 4.68 Å². The number of hydrogen-bond donors (Lipinski definition) is 0. The molecule has 3 aromatic carbocycles. The summed E-state index contributed by atoms with van der Waals surface area (Å²) in [5.74, 6) is 2.00. The molecule has 37 heavy (non-hydrogen) atoms. The maximum atomic E-state index is 13.3. The van der Waals surface area contributed by atoms with Crippen molar-refractivity contribution in [1.82, 2.24) is 9.78 Å². The van der Waals surface area contributed by atoms with Crippen LogP contribution in [0.2, 0.25) is 5.02 Å². The SMILES string of the molecule is COc1ccc(-c2nn(Cc3cccc(C(F)(F)F)c3)c(-c3ccc(OC)c(OC)c3)c2Cl)cc1OC. The second-order valence-electron chi connectivity index (χ2n) is 8.01. The molecule has 0 unspecified atom stereocenters. The van der Waals surface area contributed by atoms with Crippen LogP contribution < -0.4 is 18.9 Å². The molecule has 1 heterocycles. The summed E-state index contributed by atoms with van der Waals surface area (Å²) in [6.45, 7) is 0.0423. The first-order valence-corrected chi connectivity index (χ1v) is 11.4. The number of hydrogen-bond acceptors (Lipinski definition) is 5. The van der Waals surface area contributed by atoms with Gasteiger partial charge in [-0.1, -0.05) is 23.7 Å². The Morgan fingerprint density at radius 1 is 0.757 bits per heavy atom. The van der Waals surface area contributed by atoms with E-state index in [0.717, 1.165) is 12.1 Å². The summed E-state index contributed by atoms with van der Waals surface area (Å²) in [5.41, 5.74) is 1.90. The molecule has 0 saturated heterocycles. The van der Waals surface area contributed by atoms with Gasteiger partial charge in [-0.25, -0.2) is 0 Å². The number of benzene rings is 3. The summed E-state index contributed by atoms with van der Waals surface area (Å²) in [6.07, 6.45) is -4.46. The molecule has 0 radical (unpaired) electrons. The van der Waals surface area contributed by atoms with Crippen LogP contribution in [0.25, 0.3) is 22.5 Å². The lowest BCUT2D eigenvalue weighted by atomic mass is 10.1. The van der Waals surface area contributed by atoms with Gasteiger partial charge in [0.15, 0.2) is 23.0 Å². The van der Waals surface area contributed by atoms with Crippen LogP contribution in [0.1, 0.15) is 11.1 Å². The Balaban J connectivity index is 1.89. The molecule has 0 bridgehead atoms. The van der Waals surface area contributed by atoms with Crippen LogP contribution in [-0.4, -0.2) is 38.2 Å². The van der Waals surface area contributed by atoms with Crippen molar-refractivity contribution in [2.45, 2.75) is 12.7 Å². The van der Waals surface area contributed by atoms with Crippen molar-refractivity contribution in [2.75, 3.05) is 28.4 Å². The minimum Gasteiger partial charge on any atom is -0.493 e. The predicted octanol–water partition coefficient (Wildman–Crippen LogP) is 6.97. The van der Waals surface area contributed by atoms with E-state index >= 15 is 0 Å². The average molecular weight is 533 g/mol. The molecule has 10 heteroatoms. The molecule has 4 rings (SSSR count). The summed E-state index contributed by atoms with van der Waals surface area (Å²) in [5, 5.41) is 5.02. The van der Waals surface area contributed by atoms with Gasteiger partial charge in [0.2, 0.25) is 0 Å². The Morgan fingerprint density at radius 2 is 1.32 bits per heavy atom. The Kier molecular flexibility index (Phi) is 7.54. The summed E-state index contributed by atoms with van der Waals surface area (Å²) < 4.78 is 63.1. The number of aromatic nitrogens is 2. The Bertz CT molecular complexity index is 1420. The monoisotopic (exact) mass is 532 g/mol. The molecule has 0 N–H and O–H groups in total. The Morgan fingerprint density at radius 3 is 1.89 bits per heavy atom. The first-order valence-electron chi connectivity index (χ1n) is 11.1. The standard InChI is InChI=1S/C27H24ClF3N2O4/c1-34-20-10-8-17(13-22(20)36-3)25-24(28)26(18-9-11-21(35-2)23(14-18)37-4)33(32-25)15-16-6-5-7-19(12-16)27(29,30)31/h5-14H,15H2,1-4H3. The second-order valence-corrected chi connectivity index (χ2v) is 8.38. The molecule has 0 aliphatic rings. The first kappa shape index (κ1) is 26.2. The molecule has 1 aromatic heterocycles. The zero-order valence-electron chi connectivity index (χ0n) is 20.5. The van der Waals surface area contributed by atoms with Crippen molar-refractivity contribution in [3.63, 3.8) is 0 Å². The van der Waals surface area contributed by atoms with E-state index in [-0.39, 0.29) is 6.54 Å². The van der Waals surface area contributed by atoms with Gasteiger partial charge in [0.1, 0.15) is 5.69 Å². The van der Waals surface area contributed by atoms with E-state index in [4.69, 9.17) is 35.6 Å². The topological polar surface area (TPSA) is 54.7 Å². The Labute approximate surface area is 217 Å². The van der Waals surface area contributed by atoms with Crippen molar-refractivity contribution in [1.29, 1.82) is 0 Å². The summed E-state index contributed by atoms with van der Waals surface area (Å²) in [4.78, 5) is 0. The highest BCUT2D eigenvalue weighted by Crippen LogP contribution is 2.42. The predicted molar refractivity (Wildman–Crippen MR) is 135 cm³/mol. The summed E-state index contributed by atoms with van der Waals surface area (Å²) >= 11 is 6.90. The van der Waals surface area contributed by atoms with Gasteiger partial charge >= 0.3 is 6.18 Å². The highest BCUT2D eigenvalue weighted by atomic mass is 35.5. The van der Waals surface area contributed by atoms with E-state index in [1.165, 1.54) is 34.5 Å². The number of nitrogens with zero attached hydrogens (tertiary/aromatic N) is 2. The molecular weight excluding hydrogens is 509 g/mol. The number of methoxy groups -OCH3 is 4. The van der Waals surface area contributed by atoms with E-state index in [0.29, 0.717) is 56.1 Å². The minimum absolute atomic E-state index is 0.0423. The summed E-state index contributed by atoms with van der Waals surface area (Å²) in [7, 11) is 6.09. The highest BCUT2D eigenvalue weighted by molar-refractivity contribution is 6.35. The van der Waals surface area contributed by atoms with E-state index < -0.39 is 11.7 Å². The van der Waals surface area contributed by atoms with Gasteiger partial charge in [0.25, 0.3) is 0 Å². The smallest absolute Gasteiger partial charge is 0.416 e. The number of ether oxygens (including phenoxy) is 4. The number of rotatable bonds is 8. The lowest BCUT2D eigenvalue weighted by molar-refractivity contribution is -0.137. The second kappa shape index (κ2) is 10.6. The molecule has 4 aromatic rings. The first-order chi connectivity index (χ1) is 17.7. The highest BCUT2D eigenvalue weighted by Gasteiger charge is 2.30. The molecule has 0 aliphatic carbocycles. The van der Waals surface area contributed by atoms with Crippen LogP contribution in [0.4, 0.5) is 13.2 Å². The zero-order chi connectivity index (χ0) is 26.7. The van der Waals surface area contributed by atoms with E-state index in [1.54, 1.807) is 47.1 Å². The molecule has 194 valence electrons. The third-order valence-electron chi connectivity index (χ3n) is 5.80. The minimum atomic E-state index is -4.46. The molecular formula is C27H24ClF3N2O4. The van der Waals surface area contributed by atoms with Crippen molar-refractivity contribution >= 4 is 11.6 Å².